The van der Waals surface area contributed by atoms with Crippen molar-refractivity contribution in [1.29, 1.82) is 0 Å². The Bertz CT molecular complexity index is 818. The van der Waals surface area contributed by atoms with Gasteiger partial charge in [0.2, 0.25) is 5.91 Å². The molecule has 0 saturated heterocycles. The Morgan fingerprint density at radius 2 is 1.64 bits per heavy atom. The molecule has 28 heavy (non-hydrogen) atoms. The molecule has 3 amide bonds. The minimum absolute atomic E-state index is 0.152. The van der Waals surface area contributed by atoms with Crippen LogP contribution in [0, 0.1) is 0 Å². The molecule has 4 rings (SSSR count). The van der Waals surface area contributed by atoms with Crippen molar-refractivity contribution in [3.05, 3.63) is 78.1 Å². The van der Waals surface area contributed by atoms with Crippen LogP contribution in [0.1, 0.15) is 40.5 Å². The zero-order chi connectivity index (χ0) is 19.9. The maximum absolute atomic E-state index is 12.7. The molecule has 1 unspecified atom stereocenters. The molecule has 2 aliphatic heterocycles. The fraction of sp³-hybridized carbons (Fsp3) is 0.273. The van der Waals surface area contributed by atoms with Crippen molar-refractivity contribution in [1.82, 2.24) is 14.8 Å². The molecule has 6 heteroatoms. The predicted octanol–water partition coefficient (Wildman–Crippen LogP) is 2.93. The number of rotatable bonds is 3. The number of hydrogen-bond acceptors (Lipinski definition) is 4. The summed E-state index contributed by atoms with van der Waals surface area (Å²) in [4.78, 5) is 44.4. The van der Waals surface area contributed by atoms with Crippen LogP contribution in [0.15, 0.2) is 67.0 Å². The molecule has 0 radical (unpaired) electrons. The summed E-state index contributed by atoms with van der Waals surface area (Å²) in [6.45, 7) is 3.00. The number of carbonyl (C=O) groups is 3. The quantitative estimate of drug-likeness (QED) is 0.609. The summed E-state index contributed by atoms with van der Waals surface area (Å²) in [6.07, 6.45) is 8.71. The highest BCUT2D eigenvalue weighted by molar-refractivity contribution is 6.22. The summed E-state index contributed by atoms with van der Waals surface area (Å²) in [5.41, 5.74) is 0.773. The van der Waals surface area contributed by atoms with Crippen molar-refractivity contribution < 1.29 is 14.4 Å². The molecule has 0 aliphatic carbocycles. The van der Waals surface area contributed by atoms with Gasteiger partial charge in [0, 0.05) is 25.5 Å². The Morgan fingerprint density at radius 1 is 1.00 bits per heavy atom. The lowest BCUT2D eigenvalue weighted by Crippen LogP contribution is -2.51. The minimum Gasteiger partial charge on any atom is -0.337 e. The largest absolute Gasteiger partial charge is 0.337 e. The van der Waals surface area contributed by atoms with Gasteiger partial charge in [0.25, 0.3) is 11.8 Å². The third-order valence-electron chi connectivity index (χ3n) is 4.75. The number of amides is 3. The normalized spacial score (nSPS) is 16.3. The Balaban J connectivity index is 0.000000320. The van der Waals surface area contributed by atoms with Gasteiger partial charge in [0.15, 0.2) is 0 Å². The first-order valence-corrected chi connectivity index (χ1v) is 9.40. The van der Waals surface area contributed by atoms with Gasteiger partial charge in [0.05, 0.1) is 11.1 Å². The standard InChI is InChI=1S/C17H18N2O3.C5H5N/c1-2-14(17(22)18-10-6-3-7-11-18)19-15(20)12-8-4-5-9-13(12)16(19)21;1-2-4-6-5-3-1/h3-6,8-9,14H,2,7,10-11H2,1H3;1-5H. The molecular weight excluding hydrogens is 354 g/mol. The smallest absolute Gasteiger partial charge is 0.262 e. The Kier molecular flexibility index (Phi) is 6.32. The molecular formula is C22H23N3O3. The number of aromatic nitrogens is 1. The van der Waals surface area contributed by atoms with Gasteiger partial charge in [0.1, 0.15) is 6.04 Å². The number of pyridine rings is 1. The van der Waals surface area contributed by atoms with Crippen LogP contribution in [0.4, 0.5) is 0 Å². The summed E-state index contributed by atoms with van der Waals surface area (Å²) < 4.78 is 0. The second-order valence-corrected chi connectivity index (χ2v) is 6.52. The Hall–Kier alpha value is -3.28. The fourth-order valence-corrected chi connectivity index (χ4v) is 3.32. The highest BCUT2D eigenvalue weighted by Gasteiger charge is 2.42. The van der Waals surface area contributed by atoms with Gasteiger partial charge in [-0.25, -0.2) is 0 Å². The minimum atomic E-state index is -0.723. The van der Waals surface area contributed by atoms with E-state index < -0.39 is 6.04 Å². The van der Waals surface area contributed by atoms with E-state index in [-0.39, 0.29) is 17.7 Å². The summed E-state index contributed by atoms with van der Waals surface area (Å²) in [5, 5.41) is 0. The lowest BCUT2D eigenvalue weighted by Gasteiger charge is -2.31. The van der Waals surface area contributed by atoms with E-state index in [1.807, 2.05) is 37.3 Å². The number of carbonyl (C=O) groups excluding carboxylic acids is 3. The Labute approximate surface area is 164 Å². The topological polar surface area (TPSA) is 70.6 Å². The van der Waals surface area contributed by atoms with Crippen molar-refractivity contribution in [2.75, 3.05) is 13.1 Å². The lowest BCUT2D eigenvalue weighted by atomic mass is 10.1. The summed E-state index contributed by atoms with van der Waals surface area (Å²) in [5.74, 6) is -0.886. The van der Waals surface area contributed by atoms with Gasteiger partial charge in [-0.3, -0.25) is 24.3 Å². The van der Waals surface area contributed by atoms with E-state index >= 15 is 0 Å². The van der Waals surface area contributed by atoms with E-state index in [0.29, 0.717) is 30.6 Å². The molecule has 144 valence electrons. The number of hydrogen-bond donors (Lipinski definition) is 0. The van der Waals surface area contributed by atoms with E-state index in [0.717, 1.165) is 11.3 Å². The molecule has 0 bridgehead atoms. The SMILES string of the molecule is CCC(C(=O)N1CC=CCC1)N1C(=O)c2ccccc2C1=O.c1ccncc1. The molecule has 2 aromatic rings. The number of imide groups is 1. The van der Waals surface area contributed by atoms with Crippen LogP contribution in [-0.4, -0.2) is 51.6 Å². The van der Waals surface area contributed by atoms with Crippen molar-refractivity contribution in [3.8, 4) is 0 Å². The molecule has 3 heterocycles. The summed E-state index contributed by atoms with van der Waals surface area (Å²) in [7, 11) is 0. The molecule has 6 nitrogen and oxygen atoms in total. The van der Waals surface area contributed by atoms with Crippen LogP contribution < -0.4 is 0 Å². The van der Waals surface area contributed by atoms with E-state index in [2.05, 4.69) is 4.98 Å². The second-order valence-electron chi connectivity index (χ2n) is 6.52. The molecule has 1 aromatic heterocycles. The molecule has 2 aliphatic rings. The highest BCUT2D eigenvalue weighted by atomic mass is 16.2. The molecule has 1 atom stereocenters. The van der Waals surface area contributed by atoms with Crippen LogP contribution >= 0.6 is 0 Å². The number of benzene rings is 1. The summed E-state index contributed by atoms with van der Waals surface area (Å²) >= 11 is 0. The first-order chi connectivity index (χ1) is 13.6. The van der Waals surface area contributed by atoms with Gasteiger partial charge >= 0.3 is 0 Å². The zero-order valence-corrected chi connectivity index (χ0v) is 15.8. The fourth-order valence-electron chi connectivity index (χ4n) is 3.32. The predicted molar refractivity (Wildman–Crippen MR) is 106 cm³/mol. The average Bonchev–Trinajstić information content (AvgIpc) is 3.02. The first kappa shape index (κ1) is 19.5. The van der Waals surface area contributed by atoms with Gasteiger partial charge in [-0.15, -0.1) is 0 Å². The third-order valence-corrected chi connectivity index (χ3v) is 4.75. The number of fused-ring (bicyclic) bond motifs is 1. The van der Waals surface area contributed by atoms with Gasteiger partial charge in [-0.05, 0) is 37.1 Å². The summed E-state index contributed by atoms with van der Waals surface area (Å²) in [6, 6.07) is 11.7. The van der Waals surface area contributed by atoms with E-state index in [1.165, 1.54) is 0 Å². The maximum atomic E-state index is 12.7. The highest BCUT2D eigenvalue weighted by Crippen LogP contribution is 2.26. The first-order valence-electron chi connectivity index (χ1n) is 9.40. The Morgan fingerprint density at radius 3 is 2.07 bits per heavy atom. The van der Waals surface area contributed by atoms with Crippen LogP contribution in [0.5, 0.6) is 0 Å². The van der Waals surface area contributed by atoms with Gasteiger partial charge in [-0.2, -0.15) is 0 Å². The van der Waals surface area contributed by atoms with E-state index in [4.69, 9.17) is 0 Å². The monoisotopic (exact) mass is 377 g/mol. The van der Waals surface area contributed by atoms with Crippen LogP contribution in [-0.2, 0) is 4.79 Å². The lowest BCUT2D eigenvalue weighted by molar-refractivity contribution is -0.135. The van der Waals surface area contributed by atoms with Crippen molar-refractivity contribution in [2.24, 2.45) is 0 Å². The third kappa shape index (κ3) is 4.01. The zero-order valence-electron chi connectivity index (χ0n) is 15.8. The van der Waals surface area contributed by atoms with Crippen molar-refractivity contribution >= 4 is 17.7 Å². The van der Waals surface area contributed by atoms with E-state index in [1.54, 1.807) is 41.6 Å². The maximum Gasteiger partial charge on any atom is 0.262 e. The molecule has 0 N–H and O–H groups in total. The van der Waals surface area contributed by atoms with Crippen LogP contribution in [0.25, 0.3) is 0 Å². The van der Waals surface area contributed by atoms with Crippen molar-refractivity contribution in [3.63, 3.8) is 0 Å². The number of nitrogens with zero attached hydrogens (tertiary/aromatic N) is 3. The van der Waals surface area contributed by atoms with Crippen molar-refractivity contribution in [2.45, 2.75) is 25.8 Å². The molecule has 1 aromatic carbocycles. The molecule has 0 fully saturated rings. The second kappa shape index (κ2) is 9.08. The van der Waals surface area contributed by atoms with E-state index in [9.17, 15) is 14.4 Å². The average molecular weight is 377 g/mol. The van der Waals surface area contributed by atoms with Gasteiger partial charge in [-0.1, -0.05) is 37.3 Å². The molecule has 0 saturated carbocycles. The van der Waals surface area contributed by atoms with Gasteiger partial charge < -0.3 is 4.90 Å². The molecule has 0 spiro atoms. The van der Waals surface area contributed by atoms with Crippen LogP contribution in [0.2, 0.25) is 0 Å². The van der Waals surface area contributed by atoms with Crippen LogP contribution in [0.3, 0.4) is 0 Å².